The van der Waals surface area contributed by atoms with Crippen LogP contribution in [0.1, 0.15) is 36.2 Å². The van der Waals surface area contributed by atoms with Gasteiger partial charge in [-0.25, -0.2) is 4.79 Å². The monoisotopic (exact) mass is 481 g/mol. The Morgan fingerprint density at radius 3 is 2.34 bits per heavy atom. The molecule has 7 heteroatoms. The van der Waals surface area contributed by atoms with Gasteiger partial charge in [-0.05, 0) is 68.7 Å². The average molecular weight is 483 g/mol. The smallest absolute Gasteiger partial charge is 0.349 e. The largest absolute Gasteiger partial charge is 0.476 e. The van der Waals surface area contributed by atoms with E-state index in [-0.39, 0.29) is 5.91 Å². The second kappa shape index (κ2) is 11.2. The van der Waals surface area contributed by atoms with E-state index in [9.17, 15) is 9.59 Å². The summed E-state index contributed by atoms with van der Waals surface area (Å²) in [6.45, 7) is 4.23. The first kappa shape index (κ1) is 23.2. The highest BCUT2D eigenvalue weighted by Gasteiger charge is 2.31. The zero-order chi connectivity index (χ0) is 21.3. The van der Waals surface area contributed by atoms with E-state index in [1.807, 2.05) is 24.3 Å². The SMILES string of the molecule is CC(C)(Oc1ccc(CCNC(=O)c2ccc(Cl)cc2)cc1)C(=O)OCCCBr. The maximum Gasteiger partial charge on any atom is 0.349 e. The number of benzene rings is 2. The van der Waals surface area contributed by atoms with Crippen LogP contribution >= 0.6 is 27.5 Å². The minimum Gasteiger partial charge on any atom is -0.476 e. The van der Waals surface area contributed by atoms with E-state index in [0.29, 0.717) is 35.9 Å². The van der Waals surface area contributed by atoms with Crippen molar-refractivity contribution >= 4 is 39.4 Å². The lowest BCUT2D eigenvalue weighted by Crippen LogP contribution is -2.39. The van der Waals surface area contributed by atoms with Crippen molar-refractivity contribution in [1.29, 1.82) is 0 Å². The molecule has 156 valence electrons. The summed E-state index contributed by atoms with van der Waals surface area (Å²) in [6, 6.07) is 14.2. The number of alkyl halides is 1. The summed E-state index contributed by atoms with van der Waals surface area (Å²) < 4.78 is 11.0. The summed E-state index contributed by atoms with van der Waals surface area (Å²) in [4.78, 5) is 24.2. The molecule has 0 unspecified atom stereocenters. The maximum atomic E-state index is 12.1. The van der Waals surface area contributed by atoms with Gasteiger partial charge in [0.25, 0.3) is 5.91 Å². The van der Waals surface area contributed by atoms with Crippen LogP contribution in [-0.2, 0) is 16.0 Å². The molecule has 0 atom stereocenters. The van der Waals surface area contributed by atoms with Crippen LogP contribution in [0.15, 0.2) is 48.5 Å². The molecule has 1 amide bonds. The van der Waals surface area contributed by atoms with Gasteiger partial charge in [0, 0.05) is 22.5 Å². The molecule has 0 fully saturated rings. The molecule has 0 heterocycles. The van der Waals surface area contributed by atoms with Crippen molar-refractivity contribution in [1.82, 2.24) is 5.32 Å². The molecular formula is C22H25BrClNO4. The van der Waals surface area contributed by atoms with E-state index >= 15 is 0 Å². The third-order valence-corrected chi connectivity index (χ3v) is 4.92. The standard InChI is InChI=1S/C22H25BrClNO4/c1-22(2,21(27)28-15-3-13-23)29-19-10-4-16(5-11-19)12-14-25-20(26)17-6-8-18(24)9-7-17/h4-11H,3,12-15H2,1-2H3,(H,25,26). The lowest BCUT2D eigenvalue weighted by molar-refractivity contribution is -0.159. The van der Waals surface area contributed by atoms with E-state index in [1.54, 1.807) is 38.1 Å². The molecule has 0 aliphatic rings. The van der Waals surface area contributed by atoms with Crippen LogP contribution in [0.4, 0.5) is 0 Å². The molecule has 0 saturated heterocycles. The molecule has 2 aromatic carbocycles. The molecule has 0 aliphatic carbocycles. The number of rotatable bonds is 10. The highest BCUT2D eigenvalue weighted by molar-refractivity contribution is 9.09. The van der Waals surface area contributed by atoms with Gasteiger partial charge in [-0.3, -0.25) is 4.79 Å². The van der Waals surface area contributed by atoms with Crippen LogP contribution in [-0.4, -0.2) is 36.0 Å². The van der Waals surface area contributed by atoms with E-state index < -0.39 is 11.6 Å². The maximum absolute atomic E-state index is 12.1. The van der Waals surface area contributed by atoms with Crippen LogP contribution in [0, 0.1) is 0 Å². The van der Waals surface area contributed by atoms with Gasteiger partial charge < -0.3 is 14.8 Å². The first-order valence-corrected chi connectivity index (χ1v) is 10.9. The predicted molar refractivity (Wildman–Crippen MR) is 118 cm³/mol. The van der Waals surface area contributed by atoms with Gasteiger partial charge in [-0.2, -0.15) is 0 Å². The molecule has 2 aromatic rings. The van der Waals surface area contributed by atoms with Crippen LogP contribution in [0.3, 0.4) is 0 Å². The van der Waals surface area contributed by atoms with Gasteiger partial charge in [-0.15, -0.1) is 0 Å². The summed E-state index contributed by atoms with van der Waals surface area (Å²) in [6.07, 6.45) is 1.43. The summed E-state index contributed by atoms with van der Waals surface area (Å²) in [5.41, 5.74) is 0.551. The van der Waals surface area contributed by atoms with Crippen molar-refractivity contribution in [2.45, 2.75) is 32.3 Å². The third kappa shape index (κ3) is 7.71. The zero-order valence-electron chi connectivity index (χ0n) is 16.5. The summed E-state index contributed by atoms with van der Waals surface area (Å²) in [5, 5.41) is 4.26. The number of halogens is 2. The minimum atomic E-state index is -1.07. The van der Waals surface area contributed by atoms with E-state index in [1.165, 1.54) is 0 Å². The van der Waals surface area contributed by atoms with Gasteiger partial charge in [-0.1, -0.05) is 39.7 Å². The van der Waals surface area contributed by atoms with Gasteiger partial charge in [0.05, 0.1) is 6.61 Å². The minimum absolute atomic E-state index is 0.137. The van der Waals surface area contributed by atoms with E-state index in [4.69, 9.17) is 21.1 Å². The van der Waals surface area contributed by atoms with Gasteiger partial charge in [0.1, 0.15) is 5.75 Å². The molecule has 5 nitrogen and oxygen atoms in total. The number of ether oxygens (including phenoxy) is 2. The Hall–Kier alpha value is -2.05. The Labute approximate surface area is 184 Å². The summed E-state index contributed by atoms with van der Waals surface area (Å²) in [5.74, 6) is 0.0515. The number of esters is 1. The molecule has 29 heavy (non-hydrogen) atoms. The van der Waals surface area contributed by atoms with Crippen LogP contribution < -0.4 is 10.1 Å². The highest BCUT2D eigenvalue weighted by atomic mass is 79.9. The highest BCUT2D eigenvalue weighted by Crippen LogP contribution is 2.20. The molecule has 0 aromatic heterocycles. The Bertz CT molecular complexity index is 807. The van der Waals surface area contributed by atoms with Crippen molar-refractivity contribution in [3.63, 3.8) is 0 Å². The molecule has 0 saturated carbocycles. The Morgan fingerprint density at radius 2 is 1.72 bits per heavy atom. The predicted octanol–water partition coefficient (Wildman–Crippen LogP) is 4.80. The van der Waals surface area contributed by atoms with E-state index in [0.717, 1.165) is 17.3 Å². The number of hydrogen-bond donors (Lipinski definition) is 1. The van der Waals surface area contributed by atoms with Crippen molar-refractivity contribution in [2.75, 3.05) is 18.5 Å². The van der Waals surface area contributed by atoms with E-state index in [2.05, 4.69) is 21.2 Å². The second-order valence-electron chi connectivity index (χ2n) is 6.95. The fraction of sp³-hybridized carbons (Fsp3) is 0.364. The average Bonchev–Trinajstić information content (AvgIpc) is 2.69. The van der Waals surface area contributed by atoms with Gasteiger partial charge >= 0.3 is 5.97 Å². The third-order valence-electron chi connectivity index (χ3n) is 4.10. The Kier molecular flexibility index (Phi) is 8.99. The molecule has 0 spiro atoms. The molecule has 0 aliphatic heterocycles. The molecule has 0 radical (unpaired) electrons. The molecular weight excluding hydrogens is 458 g/mol. The number of amides is 1. The van der Waals surface area contributed by atoms with Crippen molar-refractivity contribution < 1.29 is 19.1 Å². The summed E-state index contributed by atoms with van der Waals surface area (Å²) >= 11 is 9.13. The van der Waals surface area contributed by atoms with Crippen molar-refractivity contribution in [2.24, 2.45) is 0 Å². The first-order chi connectivity index (χ1) is 13.8. The quantitative estimate of drug-likeness (QED) is 0.300. The fourth-order valence-electron chi connectivity index (χ4n) is 2.48. The molecule has 2 rings (SSSR count). The van der Waals surface area contributed by atoms with Crippen molar-refractivity contribution in [3.8, 4) is 5.75 Å². The number of nitrogens with one attached hydrogen (secondary N) is 1. The fourth-order valence-corrected chi connectivity index (χ4v) is 2.83. The number of carbonyl (C=O) groups is 2. The normalized spacial score (nSPS) is 11.0. The Morgan fingerprint density at radius 1 is 1.07 bits per heavy atom. The zero-order valence-corrected chi connectivity index (χ0v) is 18.9. The lowest BCUT2D eigenvalue weighted by atomic mass is 10.1. The first-order valence-electron chi connectivity index (χ1n) is 9.37. The van der Waals surface area contributed by atoms with Crippen molar-refractivity contribution in [3.05, 3.63) is 64.7 Å². The number of carbonyl (C=O) groups excluding carboxylic acids is 2. The molecule has 0 bridgehead atoms. The second-order valence-corrected chi connectivity index (χ2v) is 8.18. The topological polar surface area (TPSA) is 64.6 Å². The number of hydrogen-bond acceptors (Lipinski definition) is 4. The van der Waals surface area contributed by atoms with Gasteiger partial charge in [0.2, 0.25) is 0 Å². The summed E-state index contributed by atoms with van der Waals surface area (Å²) in [7, 11) is 0. The van der Waals surface area contributed by atoms with Gasteiger partial charge in [0.15, 0.2) is 5.60 Å². The Balaban J connectivity index is 1.81. The molecule has 1 N–H and O–H groups in total. The van der Waals surface area contributed by atoms with Crippen LogP contribution in [0.5, 0.6) is 5.75 Å². The lowest BCUT2D eigenvalue weighted by Gasteiger charge is -2.24. The van der Waals surface area contributed by atoms with Crippen LogP contribution in [0.25, 0.3) is 0 Å². The van der Waals surface area contributed by atoms with Crippen LogP contribution in [0.2, 0.25) is 5.02 Å².